The summed E-state index contributed by atoms with van der Waals surface area (Å²) in [7, 11) is -4.20. The van der Waals surface area contributed by atoms with Crippen LogP contribution in [0.5, 0.6) is 0 Å². The Hall–Kier alpha value is -1.02. The highest BCUT2D eigenvalue weighted by atomic mass is 79.9. The number of rotatable bonds is 1. The van der Waals surface area contributed by atoms with Crippen LogP contribution in [0.25, 0.3) is 0 Å². The number of sulfone groups is 1. The minimum atomic E-state index is -4.20. The van der Waals surface area contributed by atoms with Crippen LogP contribution in [-0.2, 0) is 15.4 Å². The van der Waals surface area contributed by atoms with E-state index in [1.54, 1.807) is 0 Å². The van der Waals surface area contributed by atoms with Gasteiger partial charge in [0.15, 0.2) is 9.84 Å². The maximum Gasteiger partial charge on any atom is 0.263 e. The van der Waals surface area contributed by atoms with Gasteiger partial charge in [-0.05, 0) is 32.0 Å². The smallest absolute Gasteiger partial charge is 0.263 e. The molecule has 0 amide bonds. The molecule has 20 heavy (non-hydrogen) atoms. The SMILES string of the molecule is C[C@]1(F)C(N)=N[C@](C)(c2cc(Br)ccc2F)CS1(=O)=O. The number of hydrogen-bond donors (Lipinski definition) is 1. The number of hydrogen-bond acceptors (Lipinski definition) is 4. The molecule has 8 heteroatoms. The van der Waals surface area contributed by atoms with Crippen LogP contribution in [0, 0.1) is 5.82 Å². The van der Waals surface area contributed by atoms with E-state index in [0.29, 0.717) is 4.47 Å². The van der Waals surface area contributed by atoms with Crippen molar-refractivity contribution >= 4 is 31.6 Å². The molecule has 0 aromatic heterocycles. The molecule has 2 rings (SSSR count). The average molecular weight is 367 g/mol. The molecule has 4 nitrogen and oxygen atoms in total. The molecule has 0 spiro atoms. The van der Waals surface area contributed by atoms with Crippen LogP contribution >= 0.6 is 15.9 Å². The van der Waals surface area contributed by atoms with Gasteiger partial charge in [0.25, 0.3) is 5.00 Å². The van der Waals surface area contributed by atoms with Crippen LogP contribution < -0.4 is 5.73 Å². The highest BCUT2D eigenvalue weighted by Crippen LogP contribution is 2.39. The summed E-state index contributed by atoms with van der Waals surface area (Å²) in [6.07, 6.45) is 0. The average Bonchev–Trinajstić information content (AvgIpc) is 2.29. The Balaban J connectivity index is 2.69. The van der Waals surface area contributed by atoms with E-state index in [-0.39, 0.29) is 5.56 Å². The molecule has 0 radical (unpaired) electrons. The second-order valence-electron chi connectivity index (χ2n) is 5.07. The number of alkyl halides is 1. The van der Waals surface area contributed by atoms with Gasteiger partial charge >= 0.3 is 0 Å². The van der Waals surface area contributed by atoms with Crippen molar-refractivity contribution < 1.29 is 17.2 Å². The minimum Gasteiger partial charge on any atom is -0.384 e. The fourth-order valence-corrected chi connectivity index (χ4v) is 4.07. The first-order chi connectivity index (χ1) is 8.99. The summed E-state index contributed by atoms with van der Waals surface area (Å²) in [4.78, 5) is 3.91. The van der Waals surface area contributed by atoms with Gasteiger partial charge in [0, 0.05) is 10.0 Å². The summed E-state index contributed by atoms with van der Waals surface area (Å²) < 4.78 is 52.7. The number of nitrogens with two attached hydrogens (primary N) is 1. The highest BCUT2D eigenvalue weighted by molar-refractivity contribution is 9.10. The summed E-state index contributed by atoms with van der Waals surface area (Å²) in [6.45, 7) is 2.26. The monoisotopic (exact) mass is 366 g/mol. The number of aliphatic imine (C=N–C) groups is 1. The lowest BCUT2D eigenvalue weighted by molar-refractivity contribution is 0.354. The third kappa shape index (κ3) is 2.24. The third-order valence-corrected chi connectivity index (χ3v) is 6.20. The van der Waals surface area contributed by atoms with E-state index in [1.165, 1.54) is 25.1 Å². The predicted molar refractivity (Wildman–Crippen MR) is 76.4 cm³/mol. The molecule has 0 aliphatic carbocycles. The van der Waals surface area contributed by atoms with Crippen molar-refractivity contribution in [2.75, 3.05) is 5.75 Å². The molecule has 0 bridgehead atoms. The Bertz CT molecular complexity index is 703. The minimum absolute atomic E-state index is 0.0499. The maximum atomic E-state index is 14.1. The molecule has 0 fully saturated rings. The summed E-state index contributed by atoms with van der Waals surface area (Å²) in [5.41, 5.74) is 4.04. The van der Waals surface area contributed by atoms with Gasteiger partial charge in [-0.25, -0.2) is 17.2 Å². The number of benzene rings is 1. The zero-order valence-electron chi connectivity index (χ0n) is 10.8. The van der Waals surface area contributed by atoms with Crippen LogP contribution in [0.1, 0.15) is 19.4 Å². The standard InChI is InChI=1S/C12H13BrF2N2O2S/c1-11(8-5-7(13)3-4-9(8)14)6-20(18,19)12(2,15)10(16)17-11/h3-5H,6H2,1-2H3,(H2,16,17)/t11-,12+/m0/s1. The molecule has 2 atom stereocenters. The summed E-state index contributed by atoms with van der Waals surface area (Å²) >= 11 is 3.18. The van der Waals surface area contributed by atoms with Crippen LogP contribution in [-0.4, -0.2) is 25.0 Å². The lowest BCUT2D eigenvalue weighted by Crippen LogP contribution is -2.54. The lowest BCUT2D eigenvalue weighted by Gasteiger charge is -2.35. The first-order valence-corrected chi connectivity index (χ1v) is 8.17. The summed E-state index contributed by atoms with van der Waals surface area (Å²) in [6, 6.07) is 4.08. The first-order valence-electron chi connectivity index (χ1n) is 5.72. The van der Waals surface area contributed by atoms with Crippen LogP contribution in [0.2, 0.25) is 0 Å². The van der Waals surface area contributed by atoms with Crippen LogP contribution in [0.4, 0.5) is 8.78 Å². The second kappa shape index (κ2) is 4.49. The summed E-state index contributed by atoms with van der Waals surface area (Å²) in [5, 5.41) is -2.73. The van der Waals surface area contributed by atoms with E-state index >= 15 is 0 Å². The van der Waals surface area contributed by atoms with Crippen molar-refractivity contribution in [1.29, 1.82) is 0 Å². The van der Waals surface area contributed by atoms with Crippen molar-refractivity contribution in [1.82, 2.24) is 0 Å². The molecule has 1 aromatic carbocycles. The van der Waals surface area contributed by atoms with Crippen molar-refractivity contribution in [2.45, 2.75) is 24.4 Å². The fourth-order valence-electron chi connectivity index (χ4n) is 2.11. The van der Waals surface area contributed by atoms with Crippen LogP contribution in [0.3, 0.4) is 0 Å². The van der Waals surface area contributed by atoms with E-state index < -0.39 is 37.8 Å². The maximum absolute atomic E-state index is 14.1. The van der Waals surface area contributed by atoms with Gasteiger partial charge in [0.05, 0.1) is 5.75 Å². The zero-order valence-corrected chi connectivity index (χ0v) is 13.2. The van der Waals surface area contributed by atoms with Gasteiger partial charge in [-0.2, -0.15) is 0 Å². The Morgan fingerprint density at radius 1 is 1.40 bits per heavy atom. The van der Waals surface area contributed by atoms with Crippen molar-refractivity contribution in [3.05, 3.63) is 34.1 Å². The predicted octanol–water partition coefficient (Wildman–Crippen LogP) is 2.27. The Morgan fingerprint density at radius 3 is 2.55 bits per heavy atom. The quantitative estimate of drug-likeness (QED) is 0.828. The number of nitrogens with zero attached hydrogens (tertiary/aromatic N) is 1. The Labute approximate surface area is 124 Å². The van der Waals surface area contributed by atoms with E-state index in [4.69, 9.17) is 5.73 Å². The Morgan fingerprint density at radius 2 is 2.00 bits per heavy atom. The van der Waals surface area contributed by atoms with Gasteiger partial charge in [-0.15, -0.1) is 0 Å². The largest absolute Gasteiger partial charge is 0.384 e. The van der Waals surface area contributed by atoms with E-state index in [9.17, 15) is 17.2 Å². The first kappa shape index (κ1) is 15.4. The molecule has 110 valence electrons. The van der Waals surface area contributed by atoms with E-state index in [0.717, 1.165) is 6.92 Å². The van der Waals surface area contributed by atoms with Gasteiger partial charge in [0.2, 0.25) is 0 Å². The van der Waals surface area contributed by atoms with Gasteiger partial charge < -0.3 is 5.73 Å². The summed E-state index contributed by atoms with van der Waals surface area (Å²) in [5.74, 6) is -1.93. The second-order valence-corrected chi connectivity index (χ2v) is 8.27. The Kier molecular flexibility index (Phi) is 3.45. The van der Waals surface area contributed by atoms with Crippen molar-refractivity contribution in [2.24, 2.45) is 10.7 Å². The molecule has 1 aromatic rings. The van der Waals surface area contributed by atoms with E-state index in [1.807, 2.05) is 0 Å². The molecule has 1 aliphatic rings. The van der Waals surface area contributed by atoms with Gasteiger partial charge in [0.1, 0.15) is 17.2 Å². The topological polar surface area (TPSA) is 72.5 Å². The molecule has 0 unspecified atom stereocenters. The zero-order chi connectivity index (χ0) is 15.3. The number of halogens is 3. The number of amidine groups is 1. The van der Waals surface area contributed by atoms with Crippen molar-refractivity contribution in [3.8, 4) is 0 Å². The van der Waals surface area contributed by atoms with Crippen LogP contribution in [0.15, 0.2) is 27.7 Å². The molecular formula is C12H13BrF2N2O2S. The van der Waals surface area contributed by atoms with Gasteiger partial charge in [-0.3, -0.25) is 4.99 Å². The highest BCUT2D eigenvalue weighted by Gasteiger charge is 2.52. The fraction of sp³-hybridized carbons (Fsp3) is 0.417. The molecule has 1 aliphatic heterocycles. The molecule has 0 saturated carbocycles. The molecule has 2 N–H and O–H groups in total. The van der Waals surface area contributed by atoms with Gasteiger partial charge in [-0.1, -0.05) is 15.9 Å². The lowest BCUT2D eigenvalue weighted by atomic mass is 9.94. The van der Waals surface area contributed by atoms with Crippen molar-refractivity contribution in [3.63, 3.8) is 0 Å². The van der Waals surface area contributed by atoms with E-state index in [2.05, 4.69) is 20.9 Å². The normalized spacial score (nSPS) is 32.8. The molecule has 0 saturated heterocycles. The third-order valence-electron chi connectivity index (χ3n) is 3.39. The molecular weight excluding hydrogens is 354 g/mol. The molecule has 1 heterocycles.